The first-order valence-electron chi connectivity index (χ1n) is 4.43. The van der Waals surface area contributed by atoms with E-state index in [0.717, 1.165) is 25.7 Å². The minimum Gasteiger partial charge on any atom is -0.458 e. The van der Waals surface area contributed by atoms with Crippen molar-refractivity contribution in [1.29, 1.82) is 0 Å². The molecule has 0 aliphatic heterocycles. The van der Waals surface area contributed by atoms with Gasteiger partial charge in [0, 0.05) is 6.92 Å². The number of unbranched alkanes of at least 4 members (excludes halogenated alkanes) is 2. The molecule has 2 nitrogen and oxygen atoms in total. The highest BCUT2D eigenvalue weighted by Gasteiger charge is 2.05. The number of esters is 1. The standard InChI is InChI=1S/C10H17O2/c1-4-6-7-8-10(5-2)12-9(3)11/h2,5,10H,4,6-8H2,1,3H3. The zero-order valence-electron chi connectivity index (χ0n) is 7.88. The molecule has 0 heterocycles. The van der Waals surface area contributed by atoms with Gasteiger partial charge in [0.05, 0.1) is 0 Å². The summed E-state index contributed by atoms with van der Waals surface area (Å²) < 4.78 is 4.93. The molecule has 0 aliphatic carbocycles. The van der Waals surface area contributed by atoms with Crippen molar-refractivity contribution in [1.82, 2.24) is 0 Å². The predicted octanol–water partition coefficient (Wildman–Crippen LogP) is 2.49. The number of ether oxygens (including phenoxy) is 1. The number of rotatable bonds is 6. The SMILES string of the molecule is [CH]=CC(CCCCC)OC(C)=O. The smallest absolute Gasteiger partial charge is 0.303 e. The van der Waals surface area contributed by atoms with Crippen molar-refractivity contribution in [3.05, 3.63) is 12.7 Å². The number of carbonyl (C=O) groups is 1. The molecule has 69 valence electrons. The first-order chi connectivity index (χ1) is 5.70. The average molecular weight is 169 g/mol. The maximum Gasteiger partial charge on any atom is 0.303 e. The normalized spacial score (nSPS) is 12.2. The molecule has 0 aromatic carbocycles. The number of carbonyl (C=O) groups excluding carboxylic acids is 1. The van der Waals surface area contributed by atoms with Gasteiger partial charge in [-0.05, 0) is 18.9 Å². The van der Waals surface area contributed by atoms with E-state index < -0.39 is 0 Å². The van der Waals surface area contributed by atoms with Gasteiger partial charge >= 0.3 is 5.97 Å². The Balaban J connectivity index is 3.53. The van der Waals surface area contributed by atoms with Gasteiger partial charge < -0.3 is 4.74 Å². The van der Waals surface area contributed by atoms with Gasteiger partial charge in [-0.15, -0.1) is 0 Å². The average Bonchev–Trinajstić information content (AvgIpc) is 2.02. The van der Waals surface area contributed by atoms with Crippen LogP contribution < -0.4 is 0 Å². The zero-order valence-corrected chi connectivity index (χ0v) is 7.88. The lowest BCUT2D eigenvalue weighted by molar-refractivity contribution is -0.144. The molecular weight excluding hydrogens is 152 g/mol. The largest absolute Gasteiger partial charge is 0.458 e. The van der Waals surface area contributed by atoms with Crippen LogP contribution in [0.4, 0.5) is 0 Å². The van der Waals surface area contributed by atoms with E-state index in [1.165, 1.54) is 13.0 Å². The van der Waals surface area contributed by atoms with E-state index >= 15 is 0 Å². The molecule has 1 atom stereocenters. The summed E-state index contributed by atoms with van der Waals surface area (Å²) in [5, 5.41) is 0. The van der Waals surface area contributed by atoms with Crippen molar-refractivity contribution in [2.45, 2.75) is 45.6 Å². The summed E-state index contributed by atoms with van der Waals surface area (Å²) in [7, 11) is 0. The molecule has 1 radical (unpaired) electrons. The third-order valence-corrected chi connectivity index (χ3v) is 1.62. The van der Waals surface area contributed by atoms with Gasteiger partial charge in [0.2, 0.25) is 0 Å². The van der Waals surface area contributed by atoms with E-state index in [4.69, 9.17) is 11.3 Å². The zero-order chi connectivity index (χ0) is 9.40. The highest BCUT2D eigenvalue weighted by atomic mass is 16.5. The lowest BCUT2D eigenvalue weighted by Crippen LogP contribution is -2.13. The van der Waals surface area contributed by atoms with Crippen molar-refractivity contribution < 1.29 is 9.53 Å². The van der Waals surface area contributed by atoms with E-state index in [1.54, 1.807) is 0 Å². The molecule has 2 heteroatoms. The Morgan fingerprint density at radius 3 is 2.67 bits per heavy atom. The van der Waals surface area contributed by atoms with E-state index in [-0.39, 0.29) is 12.1 Å². The van der Waals surface area contributed by atoms with Crippen molar-refractivity contribution >= 4 is 5.97 Å². The maximum atomic E-state index is 10.5. The molecule has 1 unspecified atom stereocenters. The van der Waals surface area contributed by atoms with Crippen molar-refractivity contribution in [2.24, 2.45) is 0 Å². The highest BCUT2D eigenvalue weighted by molar-refractivity contribution is 5.66. The minimum atomic E-state index is -0.266. The van der Waals surface area contributed by atoms with Crippen molar-refractivity contribution in [3.63, 3.8) is 0 Å². The highest BCUT2D eigenvalue weighted by Crippen LogP contribution is 2.07. The summed E-state index contributed by atoms with van der Waals surface area (Å²) in [6.07, 6.45) is 5.46. The third kappa shape index (κ3) is 5.96. The van der Waals surface area contributed by atoms with Crippen LogP contribution in [0.15, 0.2) is 6.08 Å². The molecule has 0 amide bonds. The summed E-state index contributed by atoms with van der Waals surface area (Å²) in [6.45, 7) is 8.83. The van der Waals surface area contributed by atoms with Crippen LogP contribution >= 0.6 is 0 Å². The fraction of sp³-hybridized carbons (Fsp3) is 0.700. The molecule has 0 aromatic rings. The van der Waals surface area contributed by atoms with E-state index in [1.807, 2.05) is 0 Å². The Morgan fingerprint density at radius 2 is 2.25 bits per heavy atom. The molecular formula is C10H17O2. The Bertz CT molecular complexity index is 141. The Morgan fingerprint density at radius 1 is 1.58 bits per heavy atom. The Kier molecular flexibility index (Phi) is 6.44. The lowest BCUT2D eigenvalue weighted by Gasteiger charge is -2.11. The number of hydrogen-bond acceptors (Lipinski definition) is 2. The van der Waals surface area contributed by atoms with Crippen LogP contribution in [0.5, 0.6) is 0 Å². The predicted molar refractivity (Wildman–Crippen MR) is 48.6 cm³/mol. The van der Waals surface area contributed by atoms with Gasteiger partial charge in [-0.25, -0.2) is 0 Å². The van der Waals surface area contributed by atoms with E-state index in [0.29, 0.717) is 0 Å². The molecule has 0 aromatic heterocycles. The summed E-state index contributed by atoms with van der Waals surface area (Å²) in [5.74, 6) is -0.266. The molecule has 0 saturated carbocycles. The second-order valence-electron chi connectivity index (χ2n) is 2.84. The second-order valence-corrected chi connectivity index (χ2v) is 2.84. The first-order valence-corrected chi connectivity index (χ1v) is 4.43. The van der Waals surface area contributed by atoms with Crippen LogP contribution in [-0.4, -0.2) is 12.1 Å². The molecule has 0 rings (SSSR count). The van der Waals surface area contributed by atoms with Crippen LogP contribution in [0.2, 0.25) is 0 Å². The maximum absolute atomic E-state index is 10.5. The fourth-order valence-electron chi connectivity index (χ4n) is 1.00. The van der Waals surface area contributed by atoms with Crippen LogP contribution in [-0.2, 0) is 9.53 Å². The fourth-order valence-corrected chi connectivity index (χ4v) is 1.00. The van der Waals surface area contributed by atoms with Crippen LogP contribution in [0, 0.1) is 6.58 Å². The lowest BCUT2D eigenvalue weighted by atomic mass is 10.1. The Labute approximate surface area is 74.6 Å². The third-order valence-electron chi connectivity index (χ3n) is 1.62. The molecule has 0 aliphatic rings. The van der Waals surface area contributed by atoms with Gasteiger partial charge in [-0.3, -0.25) is 4.79 Å². The molecule has 0 bridgehead atoms. The van der Waals surface area contributed by atoms with Crippen LogP contribution in [0.25, 0.3) is 0 Å². The van der Waals surface area contributed by atoms with Crippen molar-refractivity contribution in [2.75, 3.05) is 0 Å². The van der Waals surface area contributed by atoms with Gasteiger partial charge in [0.25, 0.3) is 0 Å². The number of hydrogen-bond donors (Lipinski definition) is 0. The quantitative estimate of drug-likeness (QED) is 0.451. The van der Waals surface area contributed by atoms with Gasteiger partial charge in [-0.1, -0.05) is 26.3 Å². The topological polar surface area (TPSA) is 26.3 Å². The molecule has 0 spiro atoms. The van der Waals surface area contributed by atoms with Crippen LogP contribution in [0.3, 0.4) is 0 Å². The summed E-state index contributed by atoms with van der Waals surface area (Å²) in [4.78, 5) is 10.5. The molecule has 0 fully saturated rings. The minimum absolute atomic E-state index is 0.200. The summed E-state index contributed by atoms with van der Waals surface area (Å²) in [5.41, 5.74) is 0. The monoisotopic (exact) mass is 169 g/mol. The van der Waals surface area contributed by atoms with Gasteiger partial charge in [0.1, 0.15) is 6.10 Å². The molecule has 12 heavy (non-hydrogen) atoms. The Hall–Kier alpha value is -0.790. The summed E-state index contributed by atoms with van der Waals surface area (Å²) >= 11 is 0. The van der Waals surface area contributed by atoms with Gasteiger partial charge in [-0.2, -0.15) is 0 Å². The molecule has 0 saturated heterocycles. The van der Waals surface area contributed by atoms with Crippen LogP contribution in [0.1, 0.15) is 39.5 Å². The molecule has 0 N–H and O–H groups in total. The van der Waals surface area contributed by atoms with Gasteiger partial charge in [0.15, 0.2) is 0 Å². The first kappa shape index (κ1) is 11.2. The summed E-state index contributed by atoms with van der Waals surface area (Å²) in [6, 6.07) is 0. The van der Waals surface area contributed by atoms with E-state index in [2.05, 4.69) is 6.92 Å². The second kappa shape index (κ2) is 6.89. The van der Waals surface area contributed by atoms with Crippen molar-refractivity contribution in [3.8, 4) is 0 Å². The van der Waals surface area contributed by atoms with E-state index in [9.17, 15) is 4.79 Å².